The molecule has 94 valence electrons. The van der Waals surface area contributed by atoms with Crippen molar-refractivity contribution >= 4 is 17.7 Å². The second kappa shape index (κ2) is 5.56. The molecule has 0 radical (unpaired) electrons. The number of phenolic OH excluding ortho intramolecular Hbond substituents is 1. The first-order valence-corrected chi connectivity index (χ1v) is 6.06. The summed E-state index contributed by atoms with van der Waals surface area (Å²) in [5, 5.41) is 12.7. The van der Waals surface area contributed by atoms with E-state index in [4.69, 9.17) is 15.5 Å². The number of nitrogen functional groups attached to an aromatic ring is 1. The zero-order chi connectivity index (χ0) is 13.0. The number of carbonyl (C=O) groups excluding carboxylic acids is 1. The van der Waals surface area contributed by atoms with Crippen LogP contribution in [-0.2, 0) is 5.75 Å². The van der Waals surface area contributed by atoms with Crippen molar-refractivity contribution in [1.82, 2.24) is 10.6 Å². The third-order valence-corrected chi connectivity index (χ3v) is 3.17. The summed E-state index contributed by atoms with van der Waals surface area (Å²) >= 11 is 1.51. The minimum Gasteiger partial charge on any atom is -0.508 e. The first-order valence-electron chi connectivity index (χ1n) is 5.07. The van der Waals surface area contributed by atoms with Crippen LogP contribution in [0.3, 0.4) is 0 Å². The van der Waals surface area contributed by atoms with Crippen LogP contribution in [0.15, 0.2) is 39.8 Å². The van der Waals surface area contributed by atoms with Crippen molar-refractivity contribution in [2.24, 2.45) is 5.84 Å². The number of aromatic hydroxyl groups is 1. The van der Waals surface area contributed by atoms with Crippen LogP contribution >= 0.6 is 11.8 Å². The van der Waals surface area contributed by atoms with Gasteiger partial charge < -0.3 is 9.63 Å². The van der Waals surface area contributed by atoms with E-state index in [1.165, 1.54) is 17.8 Å². The van der Waals surface area contributed by atoms with Crippen LogP contribution in [0.5, 0.6) is 5.75 Å². The first kappa shape index (κ1) is 12.5. The van der Waals surface area contributed by atoms with E-state index in [1.807, 2.05) is 5.43 Å². The molecule has 0 fully saturated rings. The van der Waals surface area contributed by atoms with Gasteiger partial charge >= 0.3 is 0 Å². The number of aromatic nitrogens is 1. The maximum absolute atomic E-state index is 11.1. The van der Waals surface area contributed by atoms with E-state index < -0.39 is 5.91 Å². The number of hydrogen-bond acceptors (Lipinski definition) is 6. The fourth-order valence-electron chi connectivity index (χ4n) is 1.26. The van der Waals surface area contributed by atoms with Crippen LogP contribution in [0.2, 0.25) is 0 Å². The smallest absolute Gasteiger partial charge is 0.287 e. The van der Waals surface area contributed by atoms with E-state index in [0.29, 0.717) is 11.5 Å². The Morgan fingerprint density at radius 1 is 1.44 bits per heavy atom. The van der Waals surface area contributed by atoms with Crippen LogP contribution in [0.1, 0.15) is 16.2 Å². The van der Waals surface area contributed by atoms with Gasteiger partial charge in [-0.25, -0.2) is 5.84 Å². The second-order valence-electron chi connectivity index (χ2n) is 3.43. The number of phenols is 1. The van der Waals surface area contributed by atoms with Crippen molar-refractivity contribution in [2.75, 3.05) is 0 Å². The molecular formula is C11H11N3O3S. The molecule has 0 saturated carbocycles. The zero-order valence-electron chi connectivity index (χ0n) is 9.29. The Kier molecular flexibility index (Phi) is 3.85. The topological polar surface area (TPSA) is 101 Å². The molecule has 2 aromatic rings. The van der Waals surface area contributed by atoms with Crippen molar-refractivity contribution in [3.63, 3.8) is 0 Å². The molecule has 2 rings (SSSR count). The fraction of sp³-hybridized carbons (Fsp3) is 0.0909. The van der Waals surface area contributed by atoms with Crippen LogP contribution in [0.25, 0.3) is 0 Å². The Morgan fingerprint density at radius 2 is 2.17 bits per heavy atom. The van der Waals surface area contributed by atoms with Gasteiger partial charge in [0, 0.05) is 11.0 Å². The van der Waals surface area contributed by atoms with Crippen molar-refractivity contribution in [1.29, 1.82) is 0 Å². The monoisotopic (exact) mass is 265 g/mol. The number of thioether (sulfide) groups is 1. The van der Waals surface area contributed by atoms with Gasteiger partial charge in [-0.2, -0.15) is 0 Å². The fourth-order valence-corrected chi connectivity index (χ4v) is 2.03. The molecule has 0 unspecified atom stereocenters. The van der Waals surface area contributed by atoms with Crippen LogP contribution < -0.4 is 11.3 Å². The predicted octanol–water partition coefficient (Wildman–Crippen LogP) is 1.28. The van der Waals surface area contributed by atoms with Crippen LogP contribution in [0, 0.1) is 0 Å². The SMILES string of the molecule is NNC(=O)c1cc(CSc2ccc(O)cc2)on1. The normalized spacial score (nSPS) is 10.3. The lowest BCUT2D eigenvalue weighted by Gasteiger charge is -1.98. The Morgan fingerprint density at radius 3 is 2.83 bits per heavy atom. The highest BCUT2D eigenvalue weighted by atomic mass is 32.2. The minimum atomic E-state index is -0.486. The summed E-state index contributed by atoms with van der Waals surface area (Å²) in [7, 11) is 0. The summed E-state index contributed by atoms with van der Waals surface area (Å²) in [6.07, 6.45) is 0. The molecular weight excluding hydrogens is 254 g/mol. The van der Waals surface area contributed by atoms with Gasteiger partial charge in [-0.1, -0.05) is 5.16 Å². The van der Waals surface area contributed by atoms with E-state index in [1.54, 1.807) is 24.3 Å². The van der Waals surface area contributed by atoms with Crippen molar-refractivity contribution in [3.05, 3.63) is 41.8 Å². The summed E-state index contributed by atoms with van der Waals surface area (Å²) in [6, 6.07) is 8.34. The van der Waals surface area contributed by atoms with Gasteiger partial charge in [-0.3, -0.25) is 10.2 Å². The molecule has 1 amide bonds. The number of nitrogens with two attached hydrogens (primary N) is 1. The highest BCUT2D eigenvalue weighted by Crippen LogP contribution is 2.24. The van der Waals surface area contributed by atoms with Gasteiger partial charge in [0.1, 0.15) is 11.5 Å². The molecule has 7 heteroatoms. The molecule has 0 saturated heterocycles. The number of rotatable bonds is 4. The number of nitrogens with one attached hydrogen (secondary N) is 1. The molecule has 0 aliphatic heterocycles. The number of hydrogen-bond donors (Lipinski definition) is 3. The molecule has 1 heterocycles. The average Bonchev–Trinajstić information content (AvgIpc) is 2.86. The van der Waals surface area contributed by atoms with E-state index in [2.05, 4.69) is 5.16 Å². The molecule has 0 bridgehead atoms. The second-order valence-corrected chi connectivity index (χ2v) is 4.48. The zero-order valence-corrected chi connectivity index (χ0v) is 10.1. The van der Waals surface area contributed by atoms with Crippen LogP contribution in [0.4, 0.5) is 0 Å². The number of benzene rings is 1. The van der Waals surface area contributed by atoms with E-state index >= 15 is 0 Å². The molecule has 0 spiro atoms. The Hall–Kier alpha value is -1.99. The number of carbonyl (C=O) groups is 1. The van der Waals surface area contributed by atoms with Gasteiger partial charge in [-0.05, 0) is 24.3 Å². The number of hydrazine groups is 1. The lowest BCUT2D eigenvalue weighted by atomic mass is 10.3. The molecule has 0 atom stereocenters. The molecule has 1 aromatic heterocycles. The molecule has 0 aliphatic rings. The number of nitrogens with zero attached hydrogens (tertiary/aromatic N) is 1. The third-order valence-electron chi connectivity index (χ3n) is 2.14. The lowest BCUT2D eigenvalue weighted by molar-refractivity contribution is 0.0944. The molecule has 4 N–H and O–H groups in total. The average molecular weight is 265 g/mol. The highest BCUT2D eigenvalue weighted by molar-refractivity contribution is 7.98. The van der Waals surface area contributed by atoms with Crippen molar-refractivity contribution < 1.29 is 14.4 Å². The maximum Gasteiger partial charge on any atom is 0.287 e. The summed E-state index contributed by atoms with van der Waals surface area (Å²) < 4.78 is 5.00. The quantitative estimate of drug-likeness (QED) is 0.333. The highest BCUT2D eigenvalue weighted by Gasteiger charge is 2.11. The Labute approximate surface area is 107 Å². The summed E-state index contributed by atoms with van der Waals surface area (Å²) in [6.45, 7) is 0. The summed E-state index contributed by atoms with van der Waals surface area (Å²) in [4.78, 5) is 12.1. The van der Waals surface area contributed by atoms with Crippen molar-refractivity contribution in [3.8, 4) is 5.75 Å². The molecule has 6 nitrogen and oxygen atoms in total. The van der Waals surface area contributed by atoms with Gasteiger partial charge in [0.2, 0.25) is 0 Å². The molecule has 18 heavy (non-hydrogen) atoms. The lowest BCUT2D eigenvalue weighted by Crippen LogP contribution is -2.30. The molecule has 1 aromatic carbocycles. The van der Waals surface area contributed by atoms with E-state index in [0.717, 1.165) is 4.90 Å². The van der Waals surface area contributed by atoms with E-state index in [-0.39, 0.29) is 11.4 Å². The van der Waals surface area contributed by atoms with Crippen molar-refractivity contribution in [2.45, 2.75) is 10.6 Å². The predicted molar refractivity (Wildman–Crippen MR) is 65.8 cm³/mol. The number of amides is 1. The maximum atomic E-state index is 11.1. The van der Waals surface area contributed by atoms with Gasteiger partial charge in [0.05, 0.1) is 5.75 Å². The van der Waals surface area contributed by atoms with Crippen LogP contribution in [-0.4, -0.2) is 16.2 Å². The van der Waals surface area contributed by atoms with Gasteiger partial charge in [0.25, 0.3) is 5.91 Å². The summed E-state index contributed by atoms with van der Waals surface area (Å²) in [5.41, 5.74) is 2.13. The van der Waals surface area contributed by atoms with Gasteiger partial charge in [-0.15, -0.1) is 11.8 Å². The standard InChI is InChI=1S/C11H11N3O3S/c12-13-11(16)10-5-8(17-14-10)6-18-9-3-1-7(15)2-4-9/h1-5,15H,6,12H2,(H,13,16). The van der Waals surface area contributed by atoms with Gasteiger partial charge in [0.15, 0.2) is 5.69 Å². The minimum absolute atomic E-state index is 0.152. The summed E-state index contributed by atoms with van der Waals surface area (Å²) in [5.74, 6) is 5.83. The Balaban J connectivity index is 1.96. The van der Waals surface area contributed by atoms with E-state index in [9.17, 15) is 4.79 Å². The first-order chi connectivity index (χ1) is 8.69. The Bertz CT molecular complexity index is 539. The third kappa shape index (κ3) is 3.02. The molecule has 0 aliphatic carbocycles. The largest absolute Gasteiger partial charge is 0.508 e.